The quantitative estimate of drug-likeness (QED) is 0.638. The lowest BCUT2D eigenvalue weighted by atomic mass is 10.1. The van der Waals surface area contributed by atoms with Crippen molar-refractivity contribution in [1.82, 2.24) is 9.88 Å². The average molecular weight is 292 g/mol. The molecule has 0 bridgehead atoms. The number of piperidine rings is 1. The number of hydrogen-bond donors (Lipinski definition) is 2. The number of nitrogens with one attached hydrogen (secondary N) is 1. The minimum atomic E-state index is -0.0414. The summed E-state index contributed by atoms with van der Waals surface area (Å²) >= 11 is 0. The van der Waals surface area contributed by atoms with Crippen LogP contribution < -0.4 is 11.3 Å². The molecule has 1 fully saturated rings. The second-order valence-electron chi connectivity index (χ2n) is 5.40. The van der Waals surface area contributed by atoms with Crippen molar-refractivity contribution in [3.8, 4) is 0 Å². The fourth-order valence-electron chi connectivity index (χ4n) is 2.56. The Morgan fingerprint density at radius 1 is 1.62 bits per heavy atom. The van der Waals surface area contributed by atoms with Crippen LogP contribution >= 0.6 is 0 Å². The smallest absolute Gasteiger partial charge is 0.257 e. The number of nitrogens with two attached hydrogens (primary N) is 1. The highest BCUT2D eigenvalue weighted by Crippen LogP contribution is 2.20. The predicted molar refractivity (Wildman–Crippen MR) is 82.0 cm³/mol. The second-order valence-corrected chi connectivity index (χ2v) is 5.40. The topological polar surface area (TPSA) is 80.5 Å². The van der Waals surface area contributed by atoms with Crippen LogP contribution in [0.1, 0.15) is 42.2 Å². The number of nitrogen functional groups attached to an aromatic ring is 1. The summed E-state index contributed by atoms with van der Waals surface area (Å²) in [6.45, 7) is 6.08. The number of pyridine rings is 1. The van der Waals surface area contributed by atoms with Gasteiger partial charge in [-0.05, 0) is 32.3 Å². The summed E-state index contributed by atoms with van der Waals surface area (Å²) in [6.07, 6.45) is 4.69. The maximum atomic E-state index is 12.6. The molecule has 1 atom stereocenters. The molecule has 1 unspecified atom stereocenters. The number of amides is 1. The van der Waals surface area contributed by atoms with E-state index >= 15 is 0 Å². The molecule has 1 aromatic heterocycles. The molecule has 116 valence electrons. The van der Waals surface area contributed by atoms with Crippen LogP contribution in [0.4, 0.5) is 5.69 Å². The number of anilines is 1. The van der Waals surface area contributed by atoms with Gasteiger partial charge in [0.15, 0.2) is 0 Å². The standard InChI is InChI=1S/C15H24N4O2/c1-3-7-21-12-5-4-6-19(10-12)15(20)13-9-17-11(2)8-14(13)18-16/h8-9,12H,3-7,10,16H2,1-2H3,(H,17,18). The predicted octanol–water partition coefficient (Wildman–Crippen LogP) is 1.71. The Hall–Kier alpha value is -1.66. The SMILES string of the molecule is CCCOC1CCCN(C(=O)c2cnc(C)cc2NN)C1. The van der Waals surface area contributed by atoms with E-state index in [-0.39, 0.29) is 12.0 Å². The van der Waals surface area contributed by atoms with Crippen molar-refractivity contribution in [2.45, 2.75) is 39.2 Å². The normalized spacial score (nSPS) is 18.6. The molecule has 1 aliphatic heterocycles. The molecule has 2 heterocycles. The lowest BCUT2D eigenvalue weighted by Crippen LogP contribution is -2.43. The van der Waals surface area contributed by atoms with Crippen LogP contribution in [0.2, 0.25) is 0 Å². The van der Waals surface area contributed by atoms with Crippen LogP contribution in [0.5, 0.6) is 0 Å². The monoisotopic (exact) mass is 292 g/mol. The highest BCUT2D eigenvalue weighted by atomic mass is 16.5. The van der Waals surface area contributed by atoms with Crippen LogP contribution in [0, 0.1) is 6.92 Å². The van der Waals surface area contributed by atoms with Crippen LogP contribution in [0.3, 0.4) is 0 Å². The maximum absolute atomic E-state index is 12.6. The number of aryl methyl sites for hydroxylation is 1. The van der Waals surface area contributed by atoms with Crippen LogP contribution in [-0.2, 0) is 4.74 Å². The Balaban J connectivity index is 2.08. The van der Waals surface area contributed by atoms with E-state index < -0.39 is 0 Å². The van der Waals surface area contributed by atoms with E-state index in [1.165, 1.54) is 0 Å². The second kappa shape index (κ2) is 7.38. The van der Waals surface area contributed by atoms with E-state index in [2.05, 4.69) is 17.3 Å². The number of hydrazine groups is 1. The number of rotatable bonds is 5. The van der Waals surface area contributed by atoms with Crippen molar-refractivity contribution < 1.29 is 9.53 Å². The Morgan fingerprint density at radius 2 is 2.43 bits per heavy atom. The molecule has 0 aliphatic carbocycles. The minimum Gasteiger partial charge on any atom is -0.376 e. The lowest BCUT2D eigenvalue weighted by molar-refractivity contribution is 0.00213. The van der Waals surface area contributed by atoms with Gasteiger partial charge >= 0.3 is 0 Å². The van der Waals surface area contributed by atoms with Gasteiger partial charge in [0, 0.05) is 31.6 Å². The third-order valence-electron chi connectivity index (χ3n) is 3.65. The largest absolute Gasteiger partial charge is 0.376 e. The zero-order valence-electron chi connectivity index (χ0n) is 12.8. The third-order valence-corrected chi connectivity index (χ3v) is 3.65. The highest BCUT2D eigenvalue weighted by molar-refractivity contribution is 5.99. The van der Waals surface area contributed by atoms with Gasteiger partial charge in [-0.3, -0.25) is 15.6 Å². The Kier molecular flexibility index (Phi) is 5.52. The molecule has 0 radical (unpaired) electrons. The first kappa shape index (κ1) is 15.7. The molecule has 1 aromatic rings. The zero-order chi connectivity index (χ0) is 15.2. The van der Waals surface area contributed by atoms with Gasteiger partial charge in [0.25, 0.3) is 5.91 Å². The number of carbonyl (C=O) groups excluding carboxylic acids is 1. The van der Waals surface area contributed by atoms with Crippen molar-refractivity contribution in [2.75, 3.05) is 25.1 Å². The van der Waals surface area contributed by atoms with Crippen LogP contribution in [-0.4, -0.2) is 41.6 Å². The lowest BCUT2D eigenvalue weighted by Gasteiger charge is -2.33. The summed E-state index contributed by atoms with van der Waals surface area (Å²) in [6, 6.07) is 1.78. The molecule has 0 saturated carbocycles. The molecule has 3 N–H and O–H groups in total. The number of hydrogen-bond acceptors (Lipinski definition) is 5. The first-order valence-electron chi connectivity index (χ1n) is 7.49. The molecule has 0 spiro atoms. The molecule has 6 heteroatoms. The molecule has 1 amide bonds. The molecule has 1 saturated heterocycles. The Bertz CT molecular complexity index is 493. The molecule has 0 aromatic carbocycles. The van der Waals surface area contributed by atoms with Gasteiger partial charge in [0.1, 0.15) is 0 Å². The van der Waals surface area contributed by atoms with Gasteiger partial charge < -0.3 is 15.1 Å². The van der Waals surface area contributed by atoms with E-state index in [4.69, 9.17) is 10.6 Å². The fourth-order valence-corrected chi connectivity index (χ4v) is 2.56. The zero-order valence-corrected chi connectivity index (χ0v) is 12.8. The summed E-state index contributed by atoms with van der Waals surface area (Å²) in [4.78, 5) is 18.7. The van der Waals surface area contributed by atoms with Gasteiger partial charge in [-0.2, -0.15) is 0 Å². The summed E-state index contributed by atoms with van der Waals surface area (Å²) in [7, 11) is 0. The van der Waals surface area contributed by atoms with Crippen molar-refractivity contribution in [3.63, 3.8) is 0 Å². The molecule has 2 rings (SSSR count). The van der Waals surface area contributed by atoms with Gasteiger partial charge in [0.2, 0.25) is 0 Å². The highest BCUT2D eigenvalue weighted by Gasteiger charge is 2.26. The van der Waals surface area contributed by atoms with Crippen molar-refractivity contribution >= 4 is 11.6 Å². The Labute approximate surface area is 125 Å². The Morgan fingerprint density at radius 3 is 3.14 bits per heavy atom. The van der Waals surface area contributed by atoms with Gasteiger partial charge in [-0.25, -0.2) is 0 Å². The molecule has 1 aliphatic rings. The summed E-state index contributed by atoms with van der Waals surface area (Å²) in [5.41, 5.74) is 4.53. The van der Waals surface area contributed by atoms with E-state index in [9.17, 15) is 4.79 Å². The number of likely N-dealkylation sites (tertiary alicyclic amines) is 1. The van der Waals surface area contributed by atoms with Crippen LogP contribution in [0.15, 0.2) is 12.3 Å². The number of ether oxygens (including phenoxy) is 1. The number of aromatic nitrogens is 1. The first-order valence-corrected chi connectivity index (χ1v) is 7.49. The summed E-state index contributed by atoms with van der Waals surface area (Å²) in [5, 5.41) is 0. The average Bonchev–Trinajstić information content (AvgIpc) is 2.52. The van der Waals surface area contributed by atoms with Crippen molar-refractivity contribution in [3.05, 3.63) is 23.5 Å². The van der Waals surface area contributed by atoms with E-state index in [0.29, 0.717) is 17.8 Å². The molecule has 21 heavy (non-hydrogen) atoms. The van der Waals surface area contributed by atoms with Crippen LogP contribution in [0.25, 0.3) is 0 Å². The third kappa shape index (κ3) is 3.92. The fraction of sp³-hybridized carbons (Fsp3) is 0.600. The van der Waals surface area contributed by atoms with Gasteiger partial charge in [-0.15, -0.1) is 0 Å². The maximum Gasteiger partial charge on any atom is 0.257 e. The van der Waals surface area contributed by atoms with E-state index in [1.54, 1.807) is 12.3 Å². The molecular formula is C15H24N4O2. The van der Waals surface area contributed by atoms with Gasteiger partial charge in [-0.1, -0.05) is 6.92 Å². The summed E-state index contributed by atoms with van der Waals surface area (Å²) < 4.78 is 5.77. The van der Waals surface area contributed by atoms with E-state index in [1.807, 2.05) is 11.8 Å². The van der Waals surface area contributed by atoms with Crippen molar-refractivity contribution in [1.29, 1.82) is 0 Å². The van der Waals surface area contributed by atoms with Gasteiger partial charge in [0.05, 0.1) is 17.4 Å². The minimum absolute atomic E-state index is 0.0414. The molecular weight excluding hydrogens is 268 g/mol. The molecule has 6 nitrogen and oxygen atoms in total. The van der Waals surface area contributed by atoms with E-state index in [0.717, 1.165) is 38.1 Å². The first-order chi connectivity index (χ1) is 10.2. The number of carbonyl (C=O) groups is 1. The summed E-state index contributed by atoms with van der Waals surface area (Å²) in [5.74, 6) is 5.47. The number of nitrogens with zero attached hydrogens (tertiary/aromatic N) is 2. The van der Waals surface area contributed by atoms with Crippen molar-refractivity contribution in [2.24, 2.45) is 5.84 Å².